The summed E-state index contributed by atoms with van der Waals surface area (Å²) in [5.74, 6) is -4.24. The minimum atomic E-state index is -1.49. The van der Waals surface area contributed by atoms with Crippen LogP contribution in [0.5, 0.6) is 0 Å². The summed E-state index contributed by atoms with van der Waals surface area (Å²) in [6.45, 7) is 3.23. The number of pyridine rings is 1. The fraction of sp³-hybridized carbons (Fsp3) is 0.333. The number of carbonyl (C=O) groups is 1. The number of nitrogens with zero attached hydrogens (tertiary/aromatic N) is 2. The van der Waals surface area contributed by atoms with Crippen molar-refractivity contribution in [2.24, 2.45) is 0 Å². The van der Waals surface area contributed by atoms with Crippen LogP contribution >= 0.6 is 0 Å². The van der Waals surface area contributed by atoms with Crippen molar-refractivity contribution in [3.05, 3.63) is 65.2 Å². The number of carbonyl (C=O) groups excluding carboxylic acids is 1. The van der Waals surface area contributed by atoms with E-state index in [1.54, 1.807) is 18.3 Å². The van der Waals surface area contributed by atoms with Crippen molar-refractivity contribution in [3.8, 4) is 0 Å². The molecule has 0 spiro atoms. The Labute approximate surface area is 143 Å². The van der Waals surface area contributed by atoms with Crippen LogP contribution in [-0.4, -0.2) is 34.9 Å². The second-order valence-corrected chi connectivity index (χ2v) is 5.98. The molecule has 1 fully saturated rings. The van der Waals surface area contributed by atoms with Gasteiger partial charge in [-0.15, -0.1) is 0 Å². The summed E-state index contributed by atoms with van der Waals surface area (Å²) in [5.41, 5.74) is 0.722. The minimum absolute atomic E-state index is 0.302. The molecule has 1 aliphatic heterocycles. The Balaban J connectivity index is 1.87. The van der Waals surface area contributed by atoms with E-state index in [9.17, 15) is 18.0 Å². The normalized spacial score (nSPS) is 20.6. The summed E-state index contributed by atoms with van der Waals surface area (Å²) < 4.78 is 40.6. The molecule has 0 radical (unpaired) electrons. The molecule has 0 unspecified atom stereocenters. The van der Waals surface area contributed by atoms with Gasteiger partial charge in [-0.3, -0.25) is 14.7 Å². The standard InChI is InChI=1S/C18H18F3N3O/c1-2-24-7-5-15(23-18(25)11-4-3-6-22-10-11)17(24)12-8-13(19)16(21)14(20)9-12/h3-4,6,8-10,15,17H,2,5,7H2,1H3,(H,23,25)/t15-,17+/m1/s1. The van der Waals surface area contributed by atoms with Gasteiger partial charge in [0.2, 0.25) is 0 Å². The number of benzene rings is 1. The first-order valence-electron chi connectivity index (χ1n) is 8.10. The van der Waals surface area contributed by atoms with Gasteiger partial charge in [-0.25, -0.2) is 13.2 Å². The summed E-state index contributed by atoms with van der Waals surface area (Å²) in [4.78, 5) is 18.3. The predicted molar refractivity (Wildman–Crippen MR) is 86.4 cm³/mol. The van der Waals surface area contributed by atoms with Gasteiger partial charge in [0.15, 0.2) is 17.5 Å². The summed E-state index contributed by atoms with van der Waals surface area (Å²) in [6.07, 6.45) is 3.65. The molecule has 0 saturated carbocycles. The van der Waals surface area contributed by atoms with Crippen LogP contribution in [0, 0.1) is 17.5 Å². The van der Waals surface area contributed by atoms with E-state index in [1.165, 1.54) is 6.20 Å². The van der Waals surface area contributed by atoms with Crippen molar-refractivity contribution in [2.45, 2.75) is 25.4 Å². The highest BCUT2D eigenvalue weighted by atomic mass is 19.2. The molecule has 132 valence electrons. The molecule has 3 rings (SSSR count). The lowest BCUT2D eigenvalue weighted by atomic mass is 9.99. The van der Waals surface area contributed by atoms with E-state index in [2.05, 4.69) is 10.3 Å². The molecule has 0 bridgehead atoms. The van der Waals surface area contributed by atoms with Gasteiger partial charge in [0, 0.05) is 18.9 Å². The molecule has 1 aliphatic rings. The number of aromatic nitrogens is 1. The van der Waals surface area contributed by atoms with E-state index in [0.717, 1.165) is 12.1 Å². The van der Waals surface area contributed by atoms with Crippen LogP contribution in [0.4, 0.5) is 13.2 Å². The lowest BCUT2D eigenvalue weighted by Gasteiger charge is -2.28. The lowest BCUT2D eigenvalue weighted by molar-refractivity contribution is 0.0925. The second kappa shape index (κ2) is 7.23. The molecule has 2 atom stereocenters. The van der Waals surface area contributed by atoms with Crippen LogP contribution in [0.15, 0.2) is 36.7 Å². The van der Waals surface area contributed by atoms with Crippen molar-refractivity contribution in [1.82, 2.24) is 15.2 Å². The first-order valence-corrected chi connectivity index (χ1v) is 8.10. The van der Waals surface area contributed by atoms with Crippen molar-refractivity contribution in [3.63, 3.8) is 0 Å². The molecule has 1 saturated heterocycles. The van der Waals surface area contributed by atoms with E-state index in [4.69, 9.17) is 0 Å². The maximum Gasteiger partial charge on any atom is 0.253 e. The Kier molecular flexibility index (Phi) is 5.03. The predicted octanol–water partition coefficient (Wildman–Crippen LogP) is 3.06. The van der Waals surface area contributed by atoms with Gasteiger partial charge in [0.25, 0.3) is 5.91 Å². The molecule has 2 heterocycles. The highest BCUT2D eigenvalue weighted by Crippen LogP contribution is 2.33. The van der Waals surface area contributed by atoms with Gasteiger partial charge >= 0.3 is 0 Å². The molecule has 1 N–H and O–H groups in total. The van der Waals surface area contributed by atoms with E-state index in [-0.39, 0.29) is 11.9 Å². The van der Waals surface area contributed by atoms with Crippen molar-refractivity contribution >= 4 is 5.91 Å². The van der Waals surface area contributed by atoms with Crippen LogP contribution in [0.25, 0.3) is 0 Å². The number of amides is 1. The molecule has 2 aromatic rings. The smallest absolute Gasteiger partial charge is 0.253 e. The van der Waals surface area contributed by atoms with Crippen LogP contribution in [0.2, 0.25) is 0 Å². The highest BCUT2D eigenvalue weighted by Gasteiger charge is 2.36. The van der Waals surface area contributed by atoms with E-state index < -0.39 is 23.5 Å². The zero-order valence-corrected chi connectivity index (χ0v) is 13.7. The number of likely N-dealkylation sites (tertiary alicyclic amines) is 1. The number of hydrogen-bond acceptors (Lipinski definition) is 3. The van der Waals surface area contributed by atoms with Crippen LogP contribution < -0.4 is 5.32 Å². The van der Waals surface area contributed by atoms with Gasteiger partial charge in [0.05, 0.1) is 17.6 Å². The summed E-state index contributed by atoms with van der Waals surface area (Å²) >= 11 is 0. The fourth-order valence-corrected chi connectivity index (χ4v) is 3.30. The topological polar surface area (TPSA) is 45.2 Å². The van der Waals surface area contributed by atoms with Gasteiger partial charge in [-0.05, 0) is 42.8 Å². The van der Waals surface area contributed by atoms with Crippen LogP contribution in [0.3, 0.4) is 0 Å². The summed E-state index contributed by atoms with van der Waals surface area (Å²) in [6, 6.07) is 4.54. The molecule has 1 aromatic heterocycles. The SMILES string of the molecule is CCN1CC[C@@H](NC(=O)c2cccnc2)[C@@H]1c1cc(F)c(F)c(F)c1. The molecule has 0 aliphatic carbocycles. The molecule has 25 heavy (non-hydrogen) atoms. The average Bonchev–Trinajstić information content (AvgIpc) is 3.02. The minimum Gasteiger partial charge on any atom is -0.347 e. The van der Waals surface area contributed by atoms with E-state index in [0.29, 0.717) is 30.6 Å². The second-order valence-electron chi connectivity index (χ2n) is 5.98. The van der Waals surface area contributed by atoms with Crippen LogP contribution in [0.1, 0.15) is 35.3 Å². The molecule has 1 amide bonds. The third kappa shape index (κ3) is 3.51. The Hall–Kier alpha value is -2.41. The third-order valence-electron chi connectivity index (χ3n) is 4.50. The summed E-state index contributed by atoms with van der Waals surface area (Å²) in [7, 11) is 0. The Morgan fingerprint density at radius 2 is 2.04 bits per heavy atom. The van der Waals surface area contributed by atoms with E-state index in [1.807, 2.05) is 11.8 Å². The van der Waals surface area contributed by atoms with Gasteiger partial charge in [0.1, 0.15) is 0 Å². The molecular formula is C18H18F3N3O. The first-order chi connectivity index (χ1) is 12.0. The number of halogens is 3. The number of rotatable bonds is 4. The number of likely N-dealkylation sites (N-methyl/N-ethyl adjacent to an activating group) is 1. The summed E-state index contributed by atoms with van der Waals surface area (Å²) in [5, 5.41) is 2.90. The quantitative estimate of drug-likeness (QED) is 0.863. The van der Waals surface area contributed by atoms with E-state index >= 15 is 0 Å². The van der Waals surface area contributed by atoms with Gasteiger partial charge in [-0.2, -0.15) is 0 Å². The zero-order chi connectivity index (χ0) is 18.0. The highest BCUT2D eigenvalue weighted by molar-refractivity contribution is 5.94. The zero-order valence-electron chi connectivity index (χ0n) is 13.7. The van der Waals surface area contributed by atoms with Gasteiger partial charge < -0.3 is 5.32 Å². The Bertz CT molecular complexity index is 746. The largest absolute Gasteiger partial charge is 0.347 e. The van der Waals surface area contributed by atoms with Crippen LogP contribution in [-0.2, 0) is 0 Å². The molecule has 7 heteroatoms. The monoisotopic (exact) mass is 349 g/mol. The van der Waals surface area contributed by atoms with Gasteiger partial charge in [-0.1, -0.05) is 6.92 Å². The number of nitrogens with one attached hydrogen (secondary N) is 1. The van der Waals surface area contributed by atoms with Crippen molar-refractivity contribution in [1.29, 1.82) is 0 Å². The third-order valence-corrected chi connectivity index (χ3v) is 4.50. The maximum atomic E-state index is 13.6. The average molecular weight is 349 g/mol. The maximum absolute atomic E-state index is 13.6. The molecular weight excluding hydrogens is 331 g/mol. The van der Waals surface area contributed by atoms with Crippen molar-refractivity contribution < 1.29 is 18.0 Å². The Morgan fingerprint density at radius 3 is 2.64 bits per heavy atom. The fourth-order valence-electron chi connectivity index (χ4n) is 3.30. The molecule has 4 nitrogen and oxygen atoms in total. The first kappa shape index (κ1) is 17.4. The lowest BCUT2D eigenvalue weighted by Crippen LogP contribution is -2.39. The van der Waals surface area contributed by atoms with Crippen molar-refractivity contribution in [2.75, 3.05) is 13.1 Å². The Morgan fingerprint density at radius 1 is 1.32 bits per heavy atom. The molecule has 1 aromatic carbocycles. The number of hydrogen-bond donors (Lipinski definition) is 1.